The van der Waals surface area contributed by atoms with Crippen molar-refractivity contribution in [1.82, 2.24) is 5.32 Å². The molecule has 0 radical (unpaired) electrons. The van der Waals surface area contributed by atoms with Crippen molar-refractivity contribution in [2.75, 3.05) is 0 Å². The van der Waals surface area contributed by atoms with Gasteiger partial charge in [0, 0.05) is 11.6 Å². The lowest BCUT2D eigenvalue weighted by Gasteiger charge is -2.22. The first-order chi connectivity index (χ1) is 18.1. The lowest BCUT2D eigenvalue weighted by atomic mass is 9.97. The van der Waals surface area contributed by atoms with E-state index in [1.54, 1.807) is 13.8 Å². The molecule has 0 spiro atoms. The molecule has 13 heteroatoms. The lowest BCUT2D eigenvalue weighted by Crippen LogP contribution is -2.30. The van der Waals surface area contributed by atoms with Gasteiger partial charge in [-0.25, -0.2) is 13.2 Å². The van der Waals surface area contributed by atoms with Crippen LogP contribution in [0.5, 0.6) is 11.5 Å². The van der Waals surface area contributed by atoms with Gasteiger partial charge in [0.05, 0.1) is 17.7 Å². The van der Waals surface area contributed by atoms with Crippen LogP contribution < -0.4 is 14.8 Å². The number of carbonyl (C=O) groups is 1. The van der Waals surface area contributed by atoms with Crippen LogP contribution in [0.4, 0.5) is 39.5 Å². The number of amides is 1. The number of alkyl halides is 3. The molecule has 0 aliphatic rings. The van der Waals surface area contributed by atoms with E-state index in [0.717, 1.165) is 36.4 Å². The van der Waals surface area contributed by atoms with E-state index in [-0.39, 0.29) is 22.9 Å². The summed E-state index contributed by atoms with van der Waals surface area (Å²) in [6.45, 7) is 3.17. The van der Waals surface area contributed by atoms with Gasteiger partial charge >= 0.3 is 18.3 Å². The lowest BCUT2D eigenvalue weighted by molar-refractivity contribution is -0.140. The summed E-state index contributed by atoms with van der Waals surface area (Å²) in [5, 5.41) is 2.31. The fraction of sp³-hybridized carbons (Fsp3) is 0.192. The van der Waals surface area contributed by atoms with Gasteiger partial charge in [0.25, 0.3) is 5.91 Å². The zero-order chi connectivity index (χ0) is 29.1. The Morgan fingerprint density at radius 2 is 1.51 bits per heavy atom. The smallest absolute Gasteiger partial charge is 0.419 e. The fourth-order valence-corrected chi connectivity index (χ4v) is 3.45. The highest BCUT2D eigenvalue weighted by molar-refractivity contribution is 5.95. The Bertz CT molecular complexity index is 1400. The first-order valence-corrected chi connectivity index (χ1v) is 11.0. The molecule has 4 nitrogen and oxygen atoms in total. The Labute approximate surface area is 215 Å². The molecule has 0 aromatic heterocycles. The summed E-state index contributed by atoms with van der Waals surface area (Å²) in [6, 6.07) is 3.02. The Kier molecular flexibility index (Phi) is 8.82. The molecule has 0 bridgehead atoms. The van der Waals surface area contributed by atoms with Crippen molar-refractivity contribution in [1.29, 1.82) is 0 Å². The zero-order valence-electron chi connectivity index (χ0n) is 20.0. The summed E-state index contributed by atoms with van der Waals surface area (Å²) in [4.78, 5) is 13.0. The van der Waals surface area contributed by atoms with Crippen LogP contribution in [0.1, 0.15) is 46.9 Å². The summed E-state index contributed by atoms with van der Waals surface area (Å²) in [5.41, 5.74) is -2.62. The highest BCUT2D eigenvalue weighted by Crippen LogP contribution is 2.34. The third-order valence-electron chi connectivity index (χ3n) is 5.04. The van der Waals surface area contributed by atoms with Crippen LogP contribution in [0.25, 0.3) is 0 Å². The molecular weight excluding hydrogens is 545 g/mol. The van der Waals surface area contributed by atoms with Crippen LogP contribution in [0, 0.1) is 17.5 Å². The molecule has 3 aromatic carbocycles. The first kappa shape index (κ1) is 29.4. The van der Waals surface area contributed by atoms with E-state index in [2.05, 4.69) is 10.1 Å². The Morgan fingerprint density at radius 1 is 0.846 bits per heavy atom. The van der Waals surface area contributed by atoms with Crippen LogP contribution in [0.2, 0.25) is 0 Å². The van der Waals surface area contributed by atoms with Crippen molar-refractivity contribution >= 4 is 5.91 Å². The fourth-order valence-electron chi connectivity index (χ4n) is 3.45. The predicted octanol–water partition coefficient (Wildman–Crippen LogP) is 7.84. The molecule has 0 unspecified atom stereocenters. The average molecular weight is 563 g/mol. The summed E-state index contributed by atoms with van der Waals surface area (Å²) in [6.07, 6.45) is -8.48. The van der Waals surface area contributed by atoms with Crippen LogP contribution in [0.3, 0.4) is 0 Å². The third-order valence-corrected chi connectivity index (χ3v) is 5.04. The topological polar surface area (TPSA) is 47.6 Å². The molecule has 3 aromatic rings. The van der Waals surface area contributed by atoms with Crippen molar-refractivity contribution in [3.8, 4) is 11.5 Å². The number of hydrogen-bond donors (Lipinski definition) is 1. The van der Waals surface area contributed by atoms with Crippen molar-refractivity contribution in [2.45, 2.75) is 32.2 Å². The van der Waals surface area contributed by atoms with Crippen molar-refractivity contribution < 1.29 is 53.8 Å². The second kappa shape index (κ2) is 11.7. The van der Waals surface area contributed by atoms with E-state index in [1.165, 1.54) is 0 Å². The number of ether oxygens (including phenoxy) is 2. The molecule has 0 saturated carbocycles. The summed E-state index contributed by atoms with van der Waals surface area (Å²) < 4.78 is 130. The zero-order valence-corrected chi connectivity index (χ0v) is 20.0. The van der Waals surface area contributed by atoms with E-state index >= 15 is 0 Å². The van der Waals surface area contributed by atoms with Gasteiger partial charge < -0.3 is 14.8 Å². The largest absolute Gasteiger partial charge is 0.488 e. The molecule has 1 atom stereocenters. The molecule has 0 saturated heterocycles. The van der Waals surface area contributed by atoms with E-state index in [0.29, 0.717) is 12.1 Å². The van der Waals surface area contributed by atoms with Gasteiger partial charge in [-0.2, -0.15) is 26.3 Å². The summed E-state index contributed by atoms with van der Waals surface area (Å²) in [7, 11) is 0. The normalized spacial score (nSPS) is 12.2. The minimum atomic E-state index is -5.13. The number of rotatable bonds is 8. The maximum atomic E-state index is 14.4. The molecule has 0 fully saturated rings. The third kappa shape index (κ3) is 7.45. The first-order valence-electron chi connectivity index (χ1n) is 11.0. The molecule has 1 N–H and O–H groups in total. The molecule has 1 amide bonds. The van der Waals surface area contributed by atoms with E-state index in [4.69, 9.17) is 4.74 Å². The number of hydrogen-bond acceptors (Lipinski definition) is 3. The summed E-state index contributed by atoms with van der Waals surface area (Å²) >= 11 is 0. The van der Waals surface area contributed by atoms with Gasteiger partial charge in [-0.3, -0.25) is 4.79 Å². The molecule has 3 rings (SSSR count). The van der Waals surface area contributed by atoms with E-state index in [9.17, 15) is 44.3 Å². The van der Waals surface area contributed by atoms with E-state index < -0.39 is 70.7 Å². The van der Waals surface area contributed by atoms with Crippen molar-refractivity contribution in [3.05, 3.63) is 106 Å². The van der Waals surface area contributed by atoms with Crippen LogP contribution >= 0.6 is 0 Å². The number of carbonyl (C=O) groups excluding carboxylic acids is 1. The van der Waals surface area contributed by atoms with Gasteiger partial charge in [-0.1, -0.05) is 6.07 Å². The molecular formula is C26H18F9NO3. The maximum Gasteiger partial charge on any atom is 0.419 e. The maximum absolute atomic E-state index is 14.4. The van der Waals surface area contributed by atoms with Crippen LogP contribution in [-0.2, 0) is 6.18 Å². The SMILES string of the molecule is CC(C)Oc1cc([C@@H](NC(=O)c2ccc(F)c(C(F)(F)F)c2)c2cc(F)cc(OC(F)=C(F)F)c2)ccc1F. The molecule has 39 heavy (non-hydrogen) atoms. The van der Waals surface area contributed by atoms with Gasteiger partial charge in [0.15, 0.2) is 11.6 Å². The minimum Gasteiger partial charge on any atom is -0.488 e. The number of halogens is 9. The predicted molar refractivity (Wildman–Crippen MR) is 120 cm³/mol. The minimum absolute atomic E-state index is 0.00259. The number of benzene rings is 3. The second-order valence-corrected chi connectivity index (χ2v) is 8.31. The van der Waals surface area contributed by atoms with Gasteiger partial charge in [0.2, 0.25) is 0 Å². The van der Waals surface area contributed by atoms with Gasteiger partial charge in [-0.15, -0.1) is 0 Å². The number of nitrogens with one attached hydrogen (secondary N) is 1. The highest BCUT2D eigenvalue weighted by atomic mass is 19.4. The summed E-state index contributed by atoms with van der Waals surface area (Å²) in [5.74, 6) is -5.84. The highest BCUT2D eigenvalue weighted by Gasteiger charge is 2.35. The standard InChI is InChI=1S/C26H18F9NO3/c1-12(2)38-21-10-13(3-6-20(21)29)22(15-7-16(27)11-17(8-15)39-24(32)23(30)31)36-25(37)14-4-5-19(28)18(9-14)26(33,34)35/h3-12,22H,1-2H3,(H,36,37)/t22-/m1/s1. The van der Waals surface area contributed by atoms with Gasteiger partial charge in [0.1, 0.15) is 17.4 Å². The Balaban J connectivity index is 2.12. The average Bonchev–Trinajstić information content (AvgIpc) is 2.82. The second-order valence-electron chi connectivity index (χ2n) is 8.31. The molecule has 0 aliphatic heterocycles. The van der Waals surface area contributed by atoms with Crippen LogP contribution in [-0.4, -0.2) is 12.0 Å². The van der Waals surface area contributed by atoms with E-state index in [1.807, 2.05) is 0 Å². The quantitative estimate of drug-likeness (QED) is 0.224. The molecule has 208 valence electrons. The Morgan fingerprint density at radius 3 is 2.13 bits per heavy atom. The van der Waals surface area contributed by atoms with Crippen molar-refractivity contribution in [3.63, 3.8) is 0 Å². The van der Waals surface area contributed by atoms with Crippen molar-refractivity contribution in [2.24, 2.45) is 0 Å². The monoisotopic (exact) mass is 563 g/mol. The Hall–Kier alpha value is -4.16. The van der Waals surface area contributed by atoms with Crippen LogP contribution in [0.15, 0.2) is 66.7 Å². The molecule has 0 heterocycles. The molecule has 0 aliphatic carbocycles. The van der Waals surface area contributed by atoms with Gasteiger partial charge in [-0.05, 0) is 67.4 Å².